The molecule has 0 radical (unpaired) electrons. The van der Waals surface area contributed by atoms with Crippen LogP contribution in [0.1, 0.15) is 31.2 Å². The van der Waals surface area contributed by atoms with Gasteiger partial charge in [-0.1, -0.05) is 30.7 Å². The lowest BCUT2D eigenvalue weighted by Crippen LogP contribution is -2.31. The van der Waals surface area contributed by atoms with E-state index < -0.39 is 11.7 Å². The van der Waals surface area contributed by atoms with E-state index >= 15 is 0 Å². The van der Waals surface area contributed by atoms with Crippen LogP contribution in [0.5, 0.6) is 5.75 Å². The van der Waals surface area contributed by atoms with Gasteiger partial charge in [-0.25, -0.2) is 10.6 Å². The van der Waals surface area contributed by atoms with E-state index in [2.05, 4.69) is 17.3 Å². The van der Waals surface area contributed by atoms with Crippen LogP contribution in [0.25, 0.3) is 0 Å². The van der Waals surface area contributed by atoms with E-state index in [1.807, 2.05) is 6.07 Å². The number of ether oxygens (including phenoxy) is 1. The molecule has 0 aliphatic heterocycles. The second-order valence-electron chi connectivity index (χ2n) is 5.07. The van der Waals surface area contributed by atoms with Crippen LogP contribution in [-0.2, 0) is 4.79 Å². The van der Waals surface area contributed by atoms with Crippen molar-refractivity contribution in [3.8, 4) is 17.6 Å². The monoisotopic (exact) mass is 301 g/mol. The fourth-order valence-electron chi connectivity index (χ4n) is 2.27. The van der Waals surface area contributed by atoms with Crippen molar-refractivity contribution in [3.63, 3.8) is 0 Å². The fraction of sp³-hybridized carbons (Fsp3) is 0.312. The zero-order chi connectivity index (χ0) is 15.9. The summed E-state index contributed by atoms with van der Waals surface area (Å²) in [7, 11) is 0. The molecule has 1 aromatic rings. The van der Waals surface area contributed by atoms with Crippen molar-refractivity contribution in [1.82, 2.24) is 5.43 Å². The van der Waals surface area contributed by atoms with Crippen molar-refractivity contribution in [2.24, 2.45) is 17.5 Å². The lowest BCUT2D eigenvalue weighted by atomic mass is 10.1. The van der Waals surface area contributed by atoms with Gasteiger partial charge in [0.1, 0.15) is 5.75 Å². The van der Waals surface area contributed by atoms with E-state index in [1.54, 1.807) is 18.2 Å². The first-order chi connectivity index (χ1) is 10.6. The van der Waals surface area contributed by atoms with Crippen LogP contribution in [0, 0.1) is 17.8 Å². The molecule has 116 valence electrons. The lowest BCUT2D eigenvalue weighted by Gasteiger charge is -2.10. The Kier molecular flexibility index (Phi) is 5.28. The zero-order valence-electron chi connectivity index (χ0n) is 12.1. The summed E-state index contributed by atoms with van der Waals surface area (Å²) in [6.07, 6.45) is 4.80. The molecule has 1 saturated carbocycles. The molecule has 0 bridgehead atoms. The number of carboxylic acids is 1. The molecule has 0 atom stereocenters. The van der Waals surface area contributed by atoms with Crippen LogP contribution >= 0.6 is 0 Å². The summed E-state index contributed by atoms with van der Waals surface area (Å²) in [4.78, 5) is 10.8. The first kappa shape index (κ1) is 15.7. The molecular formula is C16H19N3O3. The summed E-state index contributed by atoms with van der Waals surface area (Å²) >= 11 is 0. The van der Waals surface area contributed by atoms with Crippen LogP contribution in [0.15, 0.2) is 35.8 Å². The van der Waals surface area contributed by atoms with E-state index in [1.165, 1.54) is 12.8 Å². The molecule has 1 aromatic carbocycles. The first-order valence-corrected chi connectivity index (χ1v) is 7.09. The summed E-state index contributed by atoms with van der Waals surface area (Å²) in [5, 5.41) is 8.84. The van der Waals surface area contributed by atoms with Crippen LogP contribution in [0.4, 0.5) is 0 Å². The summed E-state index contributed by atoms with van der Waals surface area (Å²) in [5.41, 5.74) is 7.83. The molecule has 0 saturated heterocycles. The quantitative estimate of drug-likeness (QED) is 0.219. The molecule has 0 spiro atoms. The van der Waals surface area contributed by atoms with Gasteiger partial charge in [0.05, 0.1) is 0 Å². The number of hydrazine groups is 1. The molecule has 2 rings (SSSR count). The van der Waals surface area contributed by atoms with Crippen molar-refractivity contribution in [2.45, 2.75) is 25.7 Å². The molecular weight excluding hydrogens is 282 g/mol. The number of nitrogens with two attached hydrogens (primary N) is 2. The van der Waals surface area contributed by atoms with E-state index in [-0.39, 0.29) is 5.88 Å². The van der Waals surface area contributed by atoms with Gasteiger partial charge in [-0.15, -0.1) is 0 Å². The van der Waals surface area contributed by atoms with E-state index in [0.717, 1.165) is 18.4 Å². The Morgan fingerprint density at radius 1 is 1.36 bits per heavy atom. The van der Waals surface area contributed by atoms with Gasteiger partial charge >= 0.3 is 5.97 Å². The highest BCUT2D eigenvalue weighted by Crippen LogP contribution is 2.24. The summed E-state index contributed by atoms with van der Waals surface area (Å²) in [5.74, 6) is 11.0. The predicted molar refractivity (Wildman–Crippen MR) is 82.1 cm³/mol. The molecule has 0 aromatic heterocycles. The largest absolute Gasteiger partial charge is 0.476 e. The Morgan fingerprint density at radius 2 is 2.09 bits per heavy atom. The third-order valence-electron chi connectivity index (χ3n) is 3.44. The highest BCUT2D eigenvalue weighted by molar-refractivity contribution is 5.85. The second-order valence-corrected chi connectivity index (χ2v) is 5.07. The van der Waals surface area contributed by atoms with Crippen molar-refractivity contribution >= 4 is 5.97 Å². The maximum absolute atomic E-state index is 10.8. The molecule has 0 unspecified atom stereocenters. The molecule has 6 nitrogen and oxygen atoms in total. The van der Waals surface area contributed by atoms with Gasteiger partial charge in [0, 0.05) is 11.5 Å². The highest BCUT2D eigenvalue weighted by atomic mass is 16.5. The number of carboxylic acid groups (broad SMARTS) is 1. The van der Waals surface area contributed by atoms with E-state index in [4.69, 9.17) is 21.4 Å². The number of nitrogens with one attached hydrogen (secondary N) is 1. The standard InChI is InChI=1S/C16H19N3O3/c17-14(16(20)21)15(19-18)22-13-7-3-6-12(10-13)9-8-11-4-1-2-5-11/h3,6-7,10-11,19H,1-2,4-5,17-18H2,(H,20,21)/b15-14+. The predicted octanol–water partition coefficient (Wildman–Crippen LogP) is 1.28. The van der Waals surface area contributed by atoms with Crippen LogP contribution in [0.2, 0.25) is 0 Å². The smallest absolute Gasteiger partial charge is 0.357 e. The molecule has 0 heterocycles. The summed E-state index contributed by atoms with van der Waals surface area (Å²) in [6.45, 7) is 0. The Balaban J connectivity index is 2.14. The number of aliphatic carboxylic acids is 1. The minimum absolute atomic E-state index is 0.214. The topological polar surface area (TPSA) is 111 Å². The second kappa shape index (κ2) is 7.38. The maximum Gasteiger partial charge on any atom is 0.357 e. The third kappa shape index (κ3) is 4.17. The minimum Gasteiger partial charge on any atom is -0.476 e. The van der Waals surface area contributed by atoms with Crippen LogP contribution < -0.4 is 21.7 Å². The number of hydrogen-bond donors (Lipinski definition) is 4. The average molecular weight is 301 g/mol. The van der Waals surface area contributed by atoms with E-state index in [9.17, 15) is 4.79 Å². The summed E-state index contributed by atoms with van der Waals surface area (Å²) in [6, 6.07) is 7.04. The van der Waals surface area contributed by atoms with Gasteiger partial charge in [-0.05, 0) is 31.0 Å². The Hall–Kier alpha value is -2.65. The molecule has 0 amide bonds. The maximum atomic E-state index is 10.8. The number of rotatable bonds is 4. The number of hydrogen-bond acceptors (Lipinski definition) is 5. The molecule has 6 heteroatoms. The van der Waals surface area contributed by atoms with Crippen molar-refractivity contribution in [2.75, 3.05) is 0 Å². The average Bonchev–Trinajstić information content (AvgIpc) is 3.03. The third-order valence-corrected chi connectivity index (χ3v) is 3.44. The van der Waals surface area contributed by atoms with Crippen LogP contribution in [0.3, 0.4) is 0 Å². The SMILES string of the molecule is NN/C(Oc1cccc(C#CC2CCCC2)c1)=C(\N)C(=O)O. The van der Waals surface area contributed by atoms with Crippen LogP contribution in [-0.4, -0.2) is 11.1 Å². The van der Waals surface area contributed by atoms with Crippen molar-refractivity contribution in [3.05, 3.63) is 41.4 Å². The zero-order valence-corrected chi connectivity index (χ0v) is 12.1. The highest BCUT2D eigenvalue weighted by Gasteiger charge is 2.13. The van der Waals surface area contributed by atoms with Crippen molar-refractivity contribution < 1.29 is 14.6 Å². The first-order valence-electron chi connectivity index (χ1n) is 7.09. The Morgan fingerprint density at radius 3 is 2.73 bits per heavy atom. The molecule has 1 aliphatic rings. The van der Waals surface area contributed by atoms with Gasteiger partial charge in [0.15, 0.2) is 5.70 Å². The molecule has 1 aliphatic carbocycles. The molecule has 22 heavy (non-hydrogen) atoms. The van der Waals surface area contributed by atoms with Gasteiger partial charge < -0.3 is 15.6 Å². The number of carbonyl (C=O) groups is 1. The number of benzene rings is 1. The molecule has 1 fully saturated rings. The minimum atomic E-state index is -1.31. The normalized spacial score (nSPS) is 15.5. The van der Waals surface area contributed by atoms with E-state index in [0.29, 0.717) is 11.7 Å². The molecule has 6 N–H and O–H groups in total. The lowest BCUT2D eigenvalue weighted by molar-refractivity contribution is -0.132. The van der Waals surface area contributed by atoms with Crippen molar-refractivity contribution in [1.29, 1.82) is 0 Å². The van der Waals surface area contributed by atoms with Gasteiger partial charge in [-0.2, -0.15) is 0 Å². The fourth-order valence-corrected chi connectivity index (χ4v) is 2.27. The Bertz CT molecular complexity index is 638. The Labute approximate surface area is 129 Å². The van der Waals surface area contributed by atoms with Gasteiger partial charge in [-0.3, -0.25) is 5.43 Å². The summed E-state index contributed by atoms with van der Waals surface area (Å²) < 4.78 is 5.37. The van der Waals surface area contributed by atoms with Gasteiger partial charge in [0.25, 0.3) is 0 Å². The van der Waals surface area contributed by atoms with Gasteiger partial charge in [0.2, 0.25) is 5.88 Å².